The maximum Gasteiger partial charge on any atom is 0.261 e. The average molecular weight is 436 g/mol. The first-order valence-electron chi connectivity index (χ1n) is 10.5. The van der Waals surface area contributed by atoms with Gasteiger partial charge in [-0.2, -0.15) is 0 Å². The van der Waals surface area contributed by atoms with E-state index in [9.17, 15) is 9.18 Å². The van der Waals surface area contributed by atoms with Gasteiger partial charge in [-0.3, -0.25) is 4.79 Å². The molecule has 1 aliphatic heterocycles. The number of methoxy groups -OCH3 is 1. The van der Waals surface area contributed by atoms with Crippen LogP contribution < -0.4 is 15.2 Å². The van der Waals surface area contributed by atoms with Crippen molar-refractivity contribution >= 4 is 11.9 Å². The Labute approximate surface area is 186 Å². The molecule has 1 fully saturated rings. The number of benzene rings is 2. The van der Waals surface area contributed by atoms with Gasteiger partial charge in [-0.15, -0.1) is 0 Å². The number of ether oxygens (including phenoxy) is 2. The van der Waals surface area contributed by atoms with Crippen molar-refractivity contribution in [1.82, 2.24) is 14.9 Å². The van der Waals surface area contributed by atoms with Gasteiger partial charge in [0.25, 0.3) is 5.91 Å². The van der Waals surface area contributed by atoms with Crippen LogP contribution in [0.1, 0.15) is 31.0 Å². The summed E-state index contributed by atoms with van der Waals surface area (Å²) in [4.78, 5) is 23.6. The molecule has 4 rings (SSSR count). The summed E-state index contributed by atoms with van der Waals surface area (Å²) in [6.07, 6.45) is 4.32. The van der Waals surface area contributed by atoms with Gasteiger partial charge < -0.3 is 20.1 Å². The van der Waals surface area contributed by atoms with Crippen molar-refractivity contribution in [2.24, 2.45) is 0 Å². The molecule has 2 aromatic carbocycles. The molecule has 166 valence electrons. The Kier molecular flexibility index (Phi) is 6.49. The number of rotatable bonds is 6. The molecule has 0 saturated carbocycles. The molecule has 7 nitrogen and oxygen atoms in total. The number of likely N-dealkylation sites (tertiary alicyclic amines) is 1. The molecule has 1 saturated heterocycles. The molecule has 32 heavy (non-hydrogen) atoms. The Morgan fingerprint density at radius 2 is 2.00 bits per heavy atom. The van der Waals surface area contributed by atoms with E-state index < -0.39 is 0 Å². The number of hydrogen-bond acceptors (Lipinski definition) is 6. The Morgan fingerprint density at radius 1 is 1.19 bits per heavy atom. The van der Waals surface area contributed by atoms with Crippen molar-refractivity contribution in [2.75, 3.05) is 26.0 Å². The summed E-state index contributed by atoms with van der Waals surface area (Å²) in [6.45, 7) is 0.453. The van der Waals surface area contributed by atoms with E-state index >= 15 is 0 Å². The lowest BCUT2D eigenvalue weighted by atomic mass is 9.93. The van der Waals surface area contributed by atoms with Crippen molar-refractivity contribution in [3.63, 3.8) is 0 Å². The van der Waals surface area contributed by atoms with Gasteiger partial charge in [0.15, 0.2) is 6.61 Å². The third kappa shape index (κ3) is 4.80. The predicted molar refractivity (Wildman–Crippen MR) is 119 cm³/mol. The fourth-order valence-electron chi connectivity index (χ4n) is 3.95. The molecule has 0 radical (unpaired) electrons. The highest BCUT2D eigenvalue weighted by molar-refractivity contribution is 5.79. The topological polar surface area (TPSA) is 90.6 Å². The summed E-state index contributed by atoms with van der Waals surface area (Å²) in [6, 6.07) is 13.0. The van der Waals surface area contributed by atoms with Crippen molar-refractivity contribution in [3.05, 3.63) is 66.2 Å². The highest BCUT2D eigenvalue weighted by Crippen LogP contribution is 2.36. The third-order valence-corrected chi connectivity index (χ3v) is 5.53. The van der Waals surface area contributed by atoms with E-state index in [1.165, 1.54) is 24.3 Å². The SMILES string of the molecule is COc1cccc(-c2cnc(N)nc2[C@@H]2CCCCN2C(=O)COc2ccc(F)cc2)c1. The van der Waals surface area contributed by atoms with E-state index in [1.807, 2.05) is 24.3 Å². The van der Waals surface area contributed by atoms with E-state index in [0.717, 1.165) is 36.1 Å². The van der Waals surface area contributed by atoms with Gasteiger partial charge in [0.05, 0.1) is 18.8 Å². The number of anilines is 1. The number of piperidine rings is 1. The second-order valence-electron chi connectivity index (χ2n) is 7.60. The van der Waals surface area contributed by atoms with Crippen molar-refractivity contribution in [3.8, 4) is 22.6 Å². The van der Waals surface area contributed by atoms with Crippen molar-refractivity contribution in [1.29, 1.82) is 0 Å². The minimum Gasteiger partial charge on any atom is -0.497 e. The van der Waals surface area contributed by atoms with Gasteiger partial charge in [0.2, 0.25) is 5.95 Å². The van der Waals surface area contributed by atoms with Crippen LogP contribution in [-0.2, 0) is 4.79 Å². The molecule has 0 bridgehead atoms. The first kappa shape index (κ1) is 21.5. The van der Waals surface area contributed by atoms with E-state index in [-0.39, 0.29) is 30.3 Å². The number of nitrogens with two attached hydrogens (primary N) is 1. The second-order valence-corrected chi connectivity index (χ2v) is 7.60. The maximum atomic E-state index is 13.1. The van der Waals surface area contributed by atoms with E-state index in [4.69, 9.17) is 15.2 Å². The molecule has 3 aromatic rings. The van der Waals surface area contributed by atoms with Gasteiger partial charge >= 0.3 is 0 Å². The number of amides is 1. The number of nitrogens with zero attached hydrogens (tertiary/aromatic N) is 3. The number of hydrogen-bond donors (Lipinski definition) is 1. The van der Waals surface area contributed by atoms with Gasteiger partial charge in [0.1, 0.15) is 17.3 Å². The highest BCUT2D eigenvalue weighted by Gasteiger charge is 2.31. The molecule has 1 aromatic heterocycles. The van der Waals surface area contributed by atoms with Crippen LogP contribution >= 0.6 is 0 Å². The van der Waals surface area contributed by atoms with Crippen molar-refractivity contribution < 1.29 is 18.7 Å². The molecular weight excluding hydrogens is 411 g/mol. The van der Waals surface area contributed by atoms with Gasteiger partial charge in [-0.1, -0.05) is 12.1 Å². The summed E-state index contributed by atoms with van der Waals surface area (Å²) in [5.74, 6) is 0.803. The Morgan fingerprint density at radius 3 is 2.78 bits per heavy atom. The zero-order chi connectivity index (χ0) is 22.5. The summed E-state index contributed by atoms with van der Waals surface area (Å²) >= 11 is 0. The molecule has 1 atom stereocenters. The summed E-state index contributed by atoms with van der Waals surface area (Å²) in [7, 11) is 1.61. The standard InChI is InChI=1S/C24H25FN4O3/c1-31-19-6-4-5-16(13-19)20-14-27-24(26)28-23(20)21-7-2-3-12-29(21)22(30)15-32-18-10-8-17(25)9-11-18/h4-6,8-11,13-14,21H,2-3,7,12,15H2,1H3,(H2,26,27,28)/t21-/m0/s1. The zero-order valence-electron chi connectivity index (χ0n) is 17.8. The van der Waals surface area contributed by atoms with Crippen LogP contribution in [0.15, 0.2) is 54.7 Å². The van der Waals surface area contributed by atoms with Crippen LogP contribution in [0.5, 0.6) is 11.5 Å². The fourth-order valence-corrected chi connectivity index (χ4v) is 3.95. The smallest absolute Gasteiger partial charge is 0.261 e. The molecule has 0 spiro atoms. The first-order valence-corrected chi connectivity index (χ1v) is 10.5. The third-order valence-electron chi connectivity index (χ3n) is 5.53. The van der Waals surface area contributed by atoms with E-state index in [1.54, 1.807) is 18.2 Å². The summed E-state index contributed by atoms with van der Waals surface area (Å²) < 4.78 is 24.1. The van der Waals surface area contributed by atoms with E-state index in [2.05, 4.69) is 9.97 Å². The Hall–Kier alpha value is -3.68. The van der Waals surface area contributed by atoms with Crippen LogP contribution in [0.4, 0.5) is 10.3 Å². The lowest BCUT2D eigenvalue weighted by molar-refractivity contribution is -0.137. The lowest BCUT2D eigenvalue weighted by Crippen LogP contribution is -2.41. The number of aromatic nitrogens is 2. The van der Waals surface area contributed by atoms with Crippen LogP contribution in [-0.4, -0.2) is 41.0 Å². The fraction of sp³-hybridized carbons (Fsp3) is 0.292. The zero-order valence-corrected chi connectivity index (χ0v) is 17.8. The van der Waals surface area contributed by atoms with Gasteiger partial charge in [-0.05, 0) is 61.2 Å². The van der Waals surface area contributed by atoms with Crippen LogP contribution in [0, 0.1) is 5.82 Å². The van der Waals surface area contributed by atoms with Crippen LogP contribution in [0.25, 0.3) is 11.1 Å². The highest BCUT2D eigenvalue weighted by atomic mass is 19.1. The van der Waals surface area contributed by atoms with Crippen molar-refractivity contribution in [2.45, 2.75) is 25.3 Å². The maximum absolute atomic E-state index is 13.1. The average Bonchev–Trinajstić information content (AvgIpc) is 2.83. The molecule has 1 amide bonds. The summed E-state index contributed by atoms with van der Waals surface area (Å²) in [5.41, 5.74) is 8.34. The minimum atomic E-state index is -0.355. The van der Waals surface area contributed by atoms with Gasteiger partial charge in [-0.25, -0.2) is 14.4 Å². The largest absolute Gasteiger partial charge is 0.497 e. The molecular formula is C24H25FN4O3. The Bertz CT molecular complexity index is 1090. The van der Waals surface area contributed by atoms with Gasteiger partial charge in [0, 0.05) is 18.3 Å². The normalized spacial score (nSPS) is 15.9. The minimum absolute atomic E-state index is 0.142. The number of carbonyl (C=O) groups excluding carboxylic acids is 1. The summed E-state index contributed by atoms with van der Waals surface area (Å²) in [5, 5.41) is 0. The molecule has 8 heteroatoms. The van der Waals surface area contributed by atoms with E-state index in [0.29, 0.717) is 18.0 Å². The number of carbonyl (C=O) groups is 1. The Balaban J connectivity index is 1.61. The number of halogens is 1. The first-order chi connectivity index (χ1) is 15.5. The quantitative estimate of drug-likeness (QED) is 0.628. The van der Waals surface area contributed by atoms with Crippen LogP contribution in [0.3, 0.4) is 0 Å². The predicted octanol–water partition coefficient (Wildman–Crippen LogP) is 4.01. The van der Waals surface area contributed by atoms with Crippen LogP contribution in [0.2, 0.25) is 0 Å². The second kappa shape index (κ2) is 9.64. The number of nitrogen functional groups attached to an aromatic ring is 1. The lowest BCUT2D eigenvalue weighted by Gasteiger charge is -2.36. The molecule has 1 aliphatic rings. The molecule has 2 N–H and O–H groups in total. The molecule has 0 aliphatic carbocycles. The molecule has 0 unspecified atom stereocenters. The molecule has 2 heterocycles. The monoisotopic (exact) mass is 436 g/mol.